The number of rotatable bonds is 5. The highest BCUT2D eigenvalue weighted by Gasteiger charge is 2.33. The van der Waals surface area contributed by atoms with E-state index in [2.05, 4.69) is 10.4 Å². The lowest BCUT2D eigenvalue weighted by Crippen LogP contribution is -2.43. The van der Waals surface area contributed by atoms with Gasteiger partial charge in [-0.15, -0.1) is 0 Å². The molecule has 2 amide bonds. The Balaban J connectivity index is 1.66. The Morgan fingerprint density at radius 2 is 1.88 bits per heavy atom. The molecule has 1 aliphatic rings. The third kappa shape index (κ3) is 4.56. The molecule has 1 aliphatic carbocycles. The van der Waals surface area contributed by atoms with Crippen LogP contribution in [0.5, 0.6) is 0 Å². The lowest BCUT2D eigenvalue weighted by molar-refractivity contribution is -0.141. The predicted octanol–water partition coefficient (Wildman–Crippen LogP) is 4.38. The average Bonchev–Trinajstić information content (AvgIpc) is 3.27. The molecule has 1 saturated carbocycles. The summed E-state index contributed by atoms with van der Waals surface area (Å²) in [6, 6.07) is 9.95. The summed E-state index contributed by atoms with van der Waals surface area (Å²) in [4.78, 5) is 14.4. The minimum atomic E-state index is -4.46. The molecule has 0 radical (unpaired) electrons. The number of urea groups is 1. The molecule has 3 rings (SSSR count). The standard InChI is InChI=1S/C18H21F3N4O/c19-18(20,21)16-10-11-24(23-16)12-13-25(15-8-4-5-9-15)17(26)22-14-6-2-1-3-7-14/h1-3,6-7,10-11,15H,4-5,8-9,12-13H2,(H,22,26). The van der Waals surface area contributed by atoms with Crippen molar-refractivity contribution in [3.63, 3.8) is 0 Å². The van der Waals surface area contributed by atoms with Crippen LogP contribution in [0.25, 0.3) is 0 Å². The molecule has 26 heavy (non-hydrogen) atoms. The van der Waals surface area contributed by atoms with Gasteiger partial charge in [0.2, 0.25) is 0 Å². The molecule has 8 heteroatoms. The van der Waals surface area contributed by atoms with Crippen molar-refractivity contribution >= 4 is 11.7 Å². The van der Waals surface area contributed by atoms with E-state index in [0.717, 1.165) is 31.7 Å². The van der Waals surface area contributed by atoms with E-state index in [4.69, 9.17) is 0 Å². The van der Waals surface area contributed by atoms with Gasteiger partial charge in [-0.1, -0.05) is 31.0 Å². The van der Waals surface area contributed by atoms with Crippen molar-refractivity contribution < 1.29 is 18.0 Å². The average molecular weight is 366 g/mol. The van der Waals surface area contributed by atoms with Gasteiger partial charge in [-0.25, -0.2) is 4.79 Å². The molecule has 1 fully saturated rings. The van der Waals surface area contributed by atoms with Crippen LogP contribution in [0.4, 0.5) is 23.7 Å². The number of alkyl halides is 3. The maximum Gasteiger partial charge on any atom is 0.435 e. The van der Waals surface area contributed by atoms with E-state index in [1.165, 1.54) is 10.9 Å². The van der Waals surface area contributed by atoms with Gasteiger partial charge in [-0.2, -0.15) is 18.3 Å². The van der Waals surface area contributed by atoms with Crippen LogP contribution in [0, 0.1) is 0 Å². The Morgan fingerprint density at radius 3 is 2.50 bits per heavy atom. The van der Waals surface area contributed by atoms with Crippen molar-refractivity contribution in [1.82, 2.24) is 14.7 Å². The number of benzene rings is 1. The molecule has 1 aromatic carbocycles. The summed E-state index contributed by atoms with van der Waals surface area (Å²) in [5.74, 6) is 0. The van der Waals surface area contributed by atoms with Crippen LogP contribution in [0.15, 0.2) is 42.6 Å². The molecule has 5 nitrogen and oxygen atoms in total. The quantitative estimate of drug-likeness (QED) is 0.854. The highest BCUT2D eigenvalue weighted by atomic mass is 19.4. The number of para-hydroxylation sites is 1. The maximum absolute atomic E-state index is 12.7. The fourth-order valence-corrected chi connectivity index (χ4v) is 3.23. The molecule has 0 unspecified atom stereocenters. The van der Waals surface area contributed by atoms with Crippen LogP contribution in [0.1, 0.15) is 31.4 Å². The van der Waals surface area contributed by atoms with Gasteiger partial charge in [0.05, 0.1) is 6.54 Å². The van der Waals surface area contributed by atoms with Crippen molar-refractivity contribution in [2.24, 2.45) is 0 Å². The lowest BCUT2D eigenvalue weighted by atomic mass is 10.2. The Bertz CT molecular complexity index is 724. The maximum atomic E-state index is 12.7. The number of amides is 2. The molecule has 1 N–H and O–H groups in total. The van der Waals surface area contributed by atoms with Crippen molar-refractivity contribution in [2.75, 3.05) is 11.9 Å². The first-order valence-corrected chi connectivity index (χ1v) is 8.67. The molecule has 0 atom stereocenters. The number of anilines is 1. The second-order valence-electron chi connectivity index (χ2n) is 6.39. The fraction of sp³-hybridized carbons (Fsp3) is 0.444. The molecule has 0 saturated heterocycles. The third-order valence-corrected chi connectivity index (χ3v) is 4.55. The van der Waals surface area contributed by atoms with Gasteiger partial charge in [0.15, 0.2) is 5.69 Å². The van der Waals surface area contributed by atoms with Crippen LogP contribution >= 0.6 is 0 Å². The zero-order valence-electron chi connectivity index (χ0n) is 14.2. The van der Waals surface area contributed by atoms with Gasteiger partial charge in [0, 0.05) is 24.5 Å². The first-order chi connectivity index (χ1) is 12.4. The van der Waals surface area contributed by atoms with E-state index in [1.807, 2.05) is 18.2 Å². The largest absolute Gasteiger partial charge is 0.435 e. The van der Waals surface area contributed by atoms with Gasteiger partial charge < -0.3 is 10.2 Å². The van der Waals surface area contributed by atoms with Crippen LogP contribution in [-0.4, -0.2) is 33.3 Å². The number of nitrogens with zero attached hydrogens (tertiary/aromatic N) is 3. The fourth-order valence-electron chi connectivity index (χ4n) is 3.23. The molecular weight excluding hydrogens is 345 g/mol. The molecule has 2 aromatic rings. The monoisotopic (exact) mass is 366 g/mol. The van der Waals surface area contributed by atoms with E-state index in [9.17, 15) is 18.0 Å². The number of hydrogen-bond acceptors (Lipinski definition) is 2. The van der Waals surface area contributed by atoms with Gasteiger partial charge >= 0.3 is 12.2 Å². The molecule has 1 heterocycles. The SMILES string of the molecule is O=C(Nc1ccccc1)N(CCn1ccc(C(F)(F)F)n1)C1CCCC1. The summed E-state index contributed by atoms with van der Waals surface area (Å²) in [7, 11) is 0. The highest BCUT2D eigenvalue weighted by Crippen LogP contribution is 2.27. The topological polar surface area (TPSA) is 50.2 Å². The molecule has 1 aromatic heterocycles. The second-order valence-corrected chi connectivity index (χ2v) is 6.39. The van der Waals surface area contributed by atoms with E-state index < -0.39 is 11.9 Å². The normalized spacial score (nSPS) is 15.2. The van der Waals surface area contributed by atoms with Crippen molar-refractivity contribution in [1.29, 1.82) is 0 Å². The molecule has 0 bridgehead atoms. The van der Waals surface area contributed by atoms with Gasteiger partial charge in [-0.05, 0) is 31.0 Å². The summed E-state index contributed by atoms with van der Waals surface area (Å²) < 4.78 is 39.2. The van der Waals surface area contributed by atoms with E-state index in [1.54, 1.807) is 17.0 Å². The minimum Gasteiger partial charge on any atom is -0.320 e. The first kappa shape index (κ1) is 18.3. The van der Waals surface area contributed by atoms with E-state index in [0.29, 0.717) is 12.2 Å². The number of nitrogens with one attached hydrogen (secondary N) is 1. The van der Waals surface area contributed by atoms with Gasteiger partial charge in [0.25, 0.3) is 0 Å². The van der Waals surface area contributed by atoms with E-state index >= 15 is 0 Å². The Morgan fingerprint density at radius 1 is 1.19 bits per heavy atom. The van der Waals surface area contributed by atoms with Gasteiger partial charge in [0.1, 0.15) is 0 Å². The summed E-state index contributed by atoms with van der Waals surface area (Å²) in [6.45, 7) is 0.525. The number of carbonyl (C=O) groups excluding carboxylic acids is 1. The van der Waals surface area contributed by atoms with Crippen molar-refractivity contribution in [3.05, 3.63) is 48.3 Å². The van der Waals surface area contributed by atoms with E-state index in [-0.39, 0.29) is 18.6 Å². The molecule has 0 aliphatic heterocycles. The molecule has 0 spiro atoms. The van der Waals surface area contributed by atoms with Crippen LogP contribution in [-0.2, 0) is 12.7 Å². The van der Waals surface area contributed by atoms with Gasteiger partial charge in [-0.3, -0.25) is 4.68 Å². The third-order valence-electron chi connectivity index (χ3n) is 4.55. The summed E-state index contributed by atoms with van der Waals surface area (Å²) in [5, 5.41) is 6.42. The van der Waals surface area contributed by atoms with Crippen molar-refractivity contribution in [2.45, 2.75) is 44.4 Å². The zero-order valence-corrected chi connectivity index (χ0v) is 14.2. The molecule has 140 valence electrons. The minimum absolute atomic E-state index is 0.108. The molecular formula is C18H21F3N4O. The Hall–Kier alpha value is -2.51. The number of aromatic nitrogens is 2. The summed E-state index contributed by atoms with van der Waals surface area (Å²) >= 11 is 0. The summed E-state index contributed by atoms with van der Waals surface area (Å²) in [6.07, 6.45) is 0.773. The predicted molar refractivity (Wildman–Crippen MR) is 91.7 cm³/mol. The first-order valence-electron chi connectivity index (χ1n) is 8.67. The Labute approximate surface area is 149 Å². The van der Waals surface area contributed by atoms with Crippen LogP contribution < -0.4 is 5.32 Å². The lowest BCUT2D eigenvalue weighted by Gasteiger charge is -2.29. The van der Waals surface area contributed by atoms with Crippen molar-refractivity contribution in [3.8, 4) is 0 Å². The van der Waals surface area contributed by atoms with Crippen LogP contribution in [0.3, 0.4) is 0 Å². The smallest absolute Gasteiger partial charge is 0.320 e. The Kier molecular flexibility index (Phi) is 5.49. The number of halogens is 3. The summed E-state index contributed by atoms with van der Waals surface area (Å²) in [5.41, 5.74) is -0.224. The number of hydrogen-bond donors (Lipinski definition) is 1. The van der Waals surface area contributed by atoms with Crippen LogP contribution in [0.2, 0.25) is 0 Å². The number of carbonyl (C=O) groups is 1. The zero-order chi connectivity index (χ0) is 18.6. The highest BCUT2D eigenvalue weighted by molar-refractivity contribution is 5.89. The second kappa shape index (κ2) is 7.80.